The van der Waals surface area contributed by atoms with Gasteiger partial charge in [0.15, 0.2) is 0 Å². The number of anilines is 1. The van der Waals surface area contributed by atoms with Gasteiger partial charge < -0.3 is 11.1 Å². The van der Waals surface area contributed by atoms with Crippen LogP contribution in [-0.4, -0.2) is 20.9 Å². The van der Waals surface area contributed by atoms with Crippen molar-refractivity contribution in [3.63, 3.8) is 0 Å². The first-order valence-electron chi connectivity index (χ1n) is 7.05. The van der Waals surface area contributed by atoms with E-state index in [-0.39, 0.29) is 22.6 Å². The number of carbonyl (C=O) groups excluding carboxylic acids is 1. The van der Waals surface area contributed by atoms with E-state index in [1.807, 2.05) is 0 Å². The van der Waals surface area contributed by atoms with Crippen LogP contribution in [0.3, 0.4) is 0 Å². The number of nitrogens with one attached hydrogen (secondary N) is 1. The summed E-state index contributed by atoms with van der Waals surface area (Å²) in [6.45, 7) is 0.516. The van der Waals surface area contributed by atoms with E-state index in [2.05, 4.69) is 5.32 Å². The molecule has 2 atom stereocenters. The highest BCUT2D eigenvalue weighted by Gasteiger charge is 2.29. The van der Waals surface area contributed by atoms with E-state index in [0.29, 0.717) is 12.2 Å². The Kier molecular flexibility index (Phi) is 4.97. The monoisotopic (exact) mass is 311 g/mol. The second-order valence-corrected chi connectivity index (χ2v) is 7.01. The van der Waals surface area contributed by atoms with Gasteiger partial charge in [0.2, 0.25) is 15.9 Å². The Morgan fingerprint density at radius 3 is 2.38 bits per heavy atom. The quantitative estimate of drug-likeness (QED) is 0.770. The summed E-state index contributed by atoms with van der Waals surface area (Å²) >= 11 is 0. The average molecular weight is 311 g/mol. The lowest BCUT2D eigenvalue weighted by atomic mass is 9.78. The average Bonchev–Trinajstić information content (AvgIpc) is 2.46. The zero-order chi connectivity index (χ0) is 15.5. The van der Waals surface area contributed by atoms with E-state index in [1.165, 1.54) is 24.3 Å². The molecule has 1 aliphatic rings. The Bertz CT molecular complexity index is 598. The van der Waals surface area contributed by atoms with Gasteiger partial charge in [-0.1, -0.05) is 12.8 Å². The second kappa shape index (κ2) is 6.55. The molecule has 7 heteroatoms. The molecule has 5 N–H and O–H groups in total. The molecule has 1 aromatic carbocycles. The maximum absolute atomic E-state index is 12.3. The summed E-state index contributed by atoms with van der Waals surface area (Å²) in [5.41, 5.74) is 6.30. The van der Waals surface area contributed by atoms with Gasteiger partial charge in [-0.3, -0.25) is 4.79 Å². The molecule has 2 rings (SSSR count). The lowest BCUT2D eigenvalue weighted by Crippen LogP contribution is -2.35. The third-order valence-corrected chi connectivity index (χ3v) is 4.93. The minimum absolute atomic E-state index is 0.0259. The molecule has 0 bridgehead atoms. The molecule has 21 heavy (non-hydrogen) atoms. The van der Waals surface area contributed by atoms with E-state index < -0.39 is 10.0 Å². The molecule has 1 amide bonds. The molecule has 1 aromatic rings. The molecule has 0 radical (unpaired) electrons. The van der Waals surface area contributed by atoms with Crippen LogP contribution in [0.4, 0.5) is 5.69 Å². The number of nitrogens with two attached hydrogens (primary N) is 2. The number of amides is 1. The van der Waals surface area contributed by atoms with Crippen LogP contribution in [0.1, 0.15) is 25.7 Å². The lowest BCUT2D eigenvalue weighted by Gasteiger charge is -2.29. The van der Waals surface area contributed by atoms with Crippen molar-refractivity contribution in [2.24, 2.45) is 22.7 Å². The van der Waals surface area contributed by atoms with E-state index in [4.69, 9.17) is 10.9 Å². The largest absolute Gasteiger partial charge is 0.330 e. The van der Waals surface area contributed by atoms with Crippen molar-refractivity contribution in [3.05, 3.63) is 24.3 Å². The maximum atomic E-state index is 12.3. The standard InChI is InChI=1S/C14H21N3O3S/c15-9-10-3-1-2-4-13(10)14(18)17-11-5-7-12(8-6-11)21(16,19)20/h5-8,10,13H,1-4,9,15H2,(H,17,18)(H2,16,19,20). The predicted octanol–water partition coefficient (Wildman–Crippen LogP) is 1.04. The van der Waals surface area contributed by atoms with Crippen molar-refractivity contribution in [1.82, 2.24) is 0 Å². The van der Waals surface area contributed by atoms with Crippen molar-refractivity contribution in [3.8, 4) is 0 Å². The summed E-state index contributed by atoms with van der Waals surface area (Å²) in [4.78, 5) is 12.3. The van der Waals surface area contributed by atoms with Gasteiger partial charge in [-0.25, -0.2) is 13.6 Å². The van der Waals surface area contributed by atoms with Gasteiger partial charge in [0.25, 0.3) is 0 Å². The first-order valence-corrected chi connectivity index (χ1v) is 8.60. The number of rotatable bonds is 4. The fourth-order valence-electron chi connectivity index (χ4n) is 2.80. The first kappa shape index (κ1) is 15.9. The number of sulfonamides is 1. The smallest absolute Gasteiger partial charge is 0.238 e. The maximum Gasteiger partial charge on any atom is 0.238 e. The number of primary sulfonamides is 1. The van der Waals surface area contributed by atoms with Crippen molar-refractivity contribution < 1.29 is 13.2 Å². The number of hydrogen-bond acceptors (Lipinski definition) is 4. The van der Waals surface area contributed by atoms with Gasteiger partial charge in [-0.05, 0) is 49.6 Å². The van der Waals surface area contributed by atoms with E-state index in [0.717, 1.165) is 25.7 Å². The van der Waals surface area contributed by atoms with Gasteiger partial charge in [-0.2, -0.15) is 0 Å². The lowest BCUT2D eigenvalue weighted by molar-refractivity contribution is -0.122. The Balaban J connectivity index is 2.05. The fourth-order valence-corrected chi connectivity index (χ4v) is 3.31. The highest BCUT2D eigenvalue weighted by Crippen LogP contribution is 2.30. The van der Waals surface area contributed by atoms with Crippen LogP contribution in [0.25, 0.3) is 0 Å². The summed E-state index contributed by atoms with van der Waals surface area (Å²) in [6, 6.07) is 5.84. The summed E-state index contributed by atoms with van der Waals surface area (Å²) in [5, 5.41) is 7.86. The topological polar surface area (TPSA) is 115 Å². The number of carbonyl (C=O) groups is 1. The van der Waals surface area contributed by atoms with Crippen LogP contribution in [0.5, 0.6) is 0 Å². The Labute approximate surface area is 124 Å². The van der Waals surface area contributed by atoms with Gasteiger partial charge in [-0.15, -0.1) is 0 Å². The molecule has 116 valence electrons. The molecule has 1 fully saturated rings. The highest BCUT2D eigenvalue weighted by molar-refractivity contribution is 7.89. The van der Waals surface area contributed by atoms with Crippen LogP contribution in [0.15, 0.2) is 29.2 Å². The van der Waals surface area contributed by atoms with E-state index in [1.54, 1.807) is 0 Å². The summed E-state index contributed by atoms with van der Waals surface area (Å²) < 4.78 is 22.3. The molecule has 0 heterocycles. The molecular weight excluding hydrogens is 290 g/mol. The summed E-state index contributed by atoms with van der Waals surface area (Å²) in [7, 11) is -3.71. The van der Waals surface area contributed by atoms with Crippen LogP contribution in [0.2, 0.25) is 0 Å². The Hall–Kier alpha value is -1.44. The zero-order valence-electron chi connectivity index (χ0n) is 11.8. The first-order chi connectivity index (χ1) is 9.91. The van der Waals surface area contributed by atoms with Crippen LogP contribution in [0, 0.1) is 11.8 Å². The van der Waals surface area contributed by atoms with E-state index in [9.17, 15) is 13.2 Å². The molecular formula is C14H21N3O3S. The normalized spacial score (nSPS) is 22.8. The van der Waals surface area contributed by atoms with Gasteiger partial charge in [0.1, 0.15) is 0 Å². The van der Waals surface area contributed by atoms with Gasteiger partial charge in [0, 0.05) is 11.6 Å². The van der Waals surface area contributed by atoms with E-state index >= 15 is 0 Å². The second-order valence-electron chi connectivity index (χ2n) is 5.45. The van der Waals surface area contributed by atoms with Crippen LogP contribution < -0.4 is 16.2 Å². The van der Waals surface area contributed by atoms with Gasteiger partial charge >= 0.3 is 0 Å². The Morgan fingerprint density at radius 2 is 1.81 bits per heavy atom. The minimum atomic E-state index is -3.71. The molecule has 6 nitrogen and oxygen atoms in total. The predicted molar refractivity (Wildman–Crippen MR) is 80.9 cm³/mol. The van der Waals surface area contributed by atoms with Crippen LogP contribution >= 0.6 is 0 Å². The third kappa shape index (κ3) is 4.03. The van der Waals surface area contributed by atoms with Gasteiger partial charge in [0.05, 0.1) is 4.90 Å². The molecule has 0 aromatic heterocycles. The minimum Gasteiger partial charge on any atom is -0.330 e. The Morgan fingerprint density at radius 1 is 1.19 bits per heavy atom. The molecule has 1 saturated carbocycles. The van der Waals surface area contributed by atoms with Crippen molar-refractivity contribution in [2.75, 3.05) is 11.9 Å². The van der Waals surface area contributed by atoms with Crippen molar-refractivity contribution in [2.45, 2.75) is 30.6 Å². The summed E-state index contributed by atoms with van der Waals surface area (Å²) in [5.74, 6) is 0.109. The highest BCUT2D eigenvalue weighted by atomic mass is 32.2. The molecule has 0 saturated heterocycles. The number of benzene rings is 1. The fraction of sp³-hybridized carbons (Fsp3) is 0.500. The molecule has 2 unspecified atom stereocenters. The van der Waals surface area contributed by atoms with Crippen molar-refractivity contribution >= 4 is 21.6 Å². The third-order valence-electron chi connectivity index (χ3n) is 4.00. The molecule has 0 aliphatic heterocycles. The van der Waals surface area contributed by atoms with Crippen molar-refractivity contribution in [1.29, 1.82) is 0 Å². The summed E-state index contributed by atoms with van der Waals surface area (Å²) in [6.07, 6.45) is 4.00. The molecule has 1 aliphatic carbocycles. The zero-order valence-corrected chi connectivity index (χ0v) is 12.6. The number of hydrogen-bond donors (Lipinski definition) is 3. The SMILES string of the molecule is NCC1CCCCC1C(=O)Nc1ccc(S(N)(=O)=O)cc1. The van der Waals surface area contributed by atoms with Crippen LogP contribution in [-0.2, 0) is 14.8 Å². The molecule has 0 spiro atoms.